The standard InChI is InChI=1S/C28H37FN2O3S/c1-18(2)24-20(4)25-27(34-21(5)30-25)28(26(24)33-15-11-31-12-16-35-17-13-31)32-14-10-19(3)22-6-8-23(29)9-7-22/h6-9,18-19H,10-17H2,1-5H3. The summed E-state index contributed by atoms with van der Waals surface area (Å²) in [5, 5.41) is 0. The largest absolute Gasteiger partial charge is 0.488 e. The number of fused-ring (bicyclic) bond motifs is 1. The average Bonchev–Trinajstić information content (AvgIpc) is 3.23. The van der Waals surface area contributed by atoms with Gasteiger partial charge in [0.2, 0.25) is 11.3 Å². The number of oxazole rings is 1. The fourth-order valence-corrected chi connectivity index (χ4v) is 5.70. The summed E-state index contributed by atoms with van der Waals surface area (Å²) in [7, 11) is 0. The van der Waals surface area contributed by atoms with E-state index in [-0.39, 0.29) is 17.7 Å². The highest BCUT2D eigenvalue weighted by atomic mass is 32.2. The molecule has 0 spiro atoms. The van der Waals surface area contributed by atoms with Crippen molar-refractivity contribution in [1.29, 1.82) is 0 Å². The van der Waals surface area contributed by atoms with Crippen LogP contribution >= 0.6 is 11.8 Å². The van der Waals surface area contributed by atoms with E-state index in [1.54, 1.807) is 0 Å². The van der Waals surface area contributed by atoms with Crippen LogP contribution in [0.1, 0.15) is 61.6 Å². The summed E-state index contributed by atoms with van der Waals surface area (Å²) in [5.74, 6) is 4.67. The number of ether oxygens (including phenoxy) is 2. The van der Waals surface area contributed by atoms with E-state index in [2.05, 4.69) is 37.6 Å². The Morgan fingerprint density at radius 1 is 1.03 bits per heavy atom. The van der Waals surface area contributed by atoms with Crippen LogP contribution in [0.3, 0.4) is 0 Å². The van der Waals surface area contributed by atoms with E-state index < -0.39 is 0 Å². The average molecular weight is 501 g/mol. The third kappa shape index (κ3) is 6.12. The van der Waals surface area contributed by atoms with Gasteiger partial charge in [-0.25, -0.2) is 9.37 Å². The molecule has 4 rings (SSSR count). The molecule has 5 nitrogen and oxygen atoms in total. The first-order chi connectivity index (χ1) is 16.8. The molecule has 0 N–H and O–H groups in total. The number of hydrogen-bond acceptors (Lipinski definition) is 6. The van der Waals surface area contributed by atoms with Crippen molar-refractivity contribution in [1.82, 2.24) is 9.88 Å². The topological polar surface area (TPSA) is 47.7 Å². The number of hydrogen-bond donors (Lipinski definition) is 0. The van der Waals surface area contributed by atoms with Crippen LogP contribution in [0.4, 0.5) is 4.39 Å². The van der Waals surface area contributed by atoms with Crippen LogP contribution in [0.5, 0.6) is 11.5 Å². The summed E-state index contributed by atoms with van der Waals surface area (Å²) in [6.07, 6.45) is 0.788. The number of aromatic nitrogens is 1. The first kappa shape index (κ1) is 25.8. The molecule has 3 aromatic rings. The van der Waals surface area contributed by atoms with E-state index in [9.17, 15) is 4.39 Å². The minimum Gasteiger partial charge on any atom is -0.488 e. The van der Waals surface area contributed by atoms with Gasteiger partial charge >= 0.3 is 0 Å². The Balaban J connectivity index is 1.58. The normalized spacial score (nSPS) is 15.6. The lowest BCUT2D eigenvalue weighted by Crippen LogP contribution is -2.35. The third-order valence-corrected chi connectivity index (χ3v) is 7.66. The maximum atomic E-state index is 13.3. The van der Waals surface area contributed by atoms with Crippen LogP contribution in [-0.4, -0.2) is 54.2 Å². The van der Waals surface area contributed by atoms with Gasteiger partial charge in [-0.05, 0) is 48.4 Å². The maximum Gasteiger partial charge on any atom is 0.206 e. The van der Waals surface area contributed by atoms with Crippen molar-refractivity contribution in [3.05, 3.63) is 52.7 Å². The van der Waals surface area contributed by atoms with Crippen LogP contribution in [0, 0.1) is 19.7 Å². The summed E-state index contributed by atoms with van der Waals surface area (Å²) < 4.78 is 32.3. The van der Waals surface area contributed by atoms with Crippen LogP contribution < -0.4 is 9.47 Å². The van der Waals surface area contributed by atoms with Crippen LogP contribution in [-0.2, 0) is 0 Å². The van der Waals surface area contributed by atoms with Crippen molar-refractivity contribution in [2.24, 2.45) is 0 Å². The number of rotatable bonds is 10. The molecule has 0 amide bonds. The van der Waals surface area contributed by atoms with Gasteiger partial charge in [-0.2, -0.15) is 11.8 Å². The Morgan fingerprint density at radius 2 is 1.71 bits per heavy atom. The molecule has 1 aromatic heterocycles. The van der Waals surface area contributed by atoms with Gasteiger partial charge in [-0.15, -0.1) is 0 Å². The molecule has 1 unspecified atom stereocenters. The molecule has 1 aliphatic rings. The van der Waals surface area contributed by atoms with E-state index in [1.807, 2.05) is 30.8 Å². The minimum atomic E-state index is -0.216. The summed E-state index contributed by atoms with van der Waals surface area (Å²) in [6.45, 7) is 14.6. The second kappa shape index (κ2) is 11.7. The van der Waals surface area contributed by atoms with Gasteiger partial charge < -0.3 is 13.9 Å². The number of thioether (sulfide) groups is 1. The summed E-state index contributed by atoms with van der Waals surface area (Å²) >= 11 is 2.01. The quantitative estimate of drug-likeness (QED) is 0.308. The zero-order chi connectivity index (χ0) is 24.9. The van der Waals surface area contributed by atoms with Gasteiger partial charge in [0.15, 0.2) is 11.6 Å². The predicted molar refractivity (Wildman–Crippen MR) is 142 cm³/mol. The fraction of sp³-hybridized carbons (Fsp3) is 0.536. The van der Waals surface area contributed by atoms with Crippen molar-refractivity contribution >= 4 is 22.9 Å². The second-order valence-corrected chi connectivity index (χ2v) is 10.9. The molecule has 2 heterocycles. The number of nitrogens with zero attached hydrogens (tertiary/aromatic N) is 2. The van der Waals surface area contributed by atoms with E-state index >= 15 is 0 Å². The molecule has 2 aromatic carbocycles. The van der Waals surface area contributed by atoms with Crippen molar-refractivity contribution in [2.45, 2.75) is 52.9 Å². The molecule has 7 heteroatoms. The van der Waals surface area contributed by atoms with Gasteiger partial charge in [0.1, 0.15) is 17.9 Å². The number of halogens is 1. The summed E-state index contributed by atoms with van der Waals surface area (Å²) in [4.78, 5) is 7.12. The molecule has 0 aliphatic carbocycles. The Labute approximate surface area is 212 Å². The Morgan fingerprint density at radius 3 is 2.40 bits per heavy atom. The monoisotopic (exact) mass is 500 g/mol. The lowest BCUT2D eigenvalue weighted by atomic mass is 9.95. The molecule has 0 bridgehead atoms. The van der Waals surface area contributed by atoms with Crippen LogP contribution in [0.15, 0.2) is 28.7 Å². The Kier molecular flexibility index (Phi) is 8.60. The molecule has 1 saturated heterocycles. The SMILES string of the molecule is Cc1nc2c(C)c(C(C)C)c(OCCN3CCSCC3)c(OCCC(C)c3ccc(F)cc3)c2o1. The lowest BCUT2D eigenvalue weighted by Gasteiger charge is -2.27. The van der Waals surface area contributed by atoms with Gasteiger partial charge in [0.25, 0.3) is 0 Å². The van der Waals surface area contributed by atoms with Crippen molar-refractivity contribution < 1.29 is 18.3 Å². The van der Waals surface area contributed by atoms with E-state index in [0.717, 1.165) is 54.0 Å². The van der Waals surface area contributed by atoms with E-state index in [0.29, 0.717) is 30.4 Å². The van der Waals surface area contributed by atoms with Crippen LogP contribution in [0.2, 0.25) is 0 Å². The summed E-state index contributed by atoms with van der Waals surface area (Å²) in [5.41, 5.74) is 4.81. The van der Waals surface area contributed by atoms with Gasteiger partial charge in [-0.1, -0.05) is 32.9 Å². The Hall–Kier alpha value is -2.25. The highest BCUT2D eigenvalue weighted by molar-refractivity contribution is 7.99. The lowest BCUT2D eigenvalue weighted by molar-refractivity contribution is 0.209. The number of benzene rings is 2. The predicted octanol–water partition coefficient (Wildman–Crippen LogP) is 6.71. The van der Waals surface area contributed by atoms with Crippen LogP contribution in [0.25, 0.3) is 11.1 Å². The molecule has 190 valence electrons. The molecule has 1 fully saturated rings. The van der Waals surface area contributed by atoms with E-state index in [1.165, 1.54) is 23.6 Å². The molecular formula is C28H37FN2O3S. The third-order valence-electron chi connectivity index (χ3n) is 6.72. The first-order valence-electron chi connectivity index (χ1n) is 12.6. The highest BCUT2D eigenvalue weighted by Gasteiger charge is 2.26. The van der Waals surface area contributed by atoms with Gasteiger partial charge in [0.05, 0.1) is 6.61 Å². The van der Waals surface area contributed by atoms with Gasteiger partial charge in [-0.3, -0.25) is 4.90 Å². The fourth-order valence-electron chi connectivity index (χ4n) is 4.73. The zero-order valence-corrected chi connectivity index (χ0v) is 22.3. The van der Waals surface area contributed by atoms with Crippen molar-refractivity contribution in [3.8, 4) is 11.5 Å². The first-order valence-corrected chi connectivity index (χ1v) is 13.7. The Bertz CT molecular complexity index is 1120. The highest BCUT2D eigenvalue weighted by Crippen LogP contribution is 2.45. The van der Waals surface area contributed by atoms with Gasteiger partial charge in [0, 0.05) is 43.6 Å². The van der Waals surface area contributed by atoms with Crippen molar-refractivity contribution in [2.75, 3.05) is 44.4 Å². The van der Waals surface area contributed by atoms with E-state index in [4.69, 9.17) is 13.9 Å². The smallest absolute Gasteiger partial charge is 0.206 e. The zero-order valence-electron chi connectivity index (χ0n) is 21.5. The van der Waals surface area contributed by atoms with Crippen molar-refractivity contribution in [3.63, 3.8) is 0 Å². The molecule has 0 saturated carbocycles. The molecular weight excluding hydrogens is 463 g/mol. The second-order valence-electron chi connectivity index (χ2n) is 9.65. The molecule has 1 aliphatic heterocycles. The molecule has 0 radical (unpaired) electrons. The number of aryl methyl sites for hydroxylation is 2. The summed E-state index contributed by atoms with van der Waals surface area (Å²) in [6, 6.07) is 6.70. The molecule has 35 heavy (non-hydrogen) atoms. The molecule has 1 atom stereocenters. The maximum absolute atomic E-state index is 13.3. The minimum absolute atomic E-state index is 0.216.